The maximum absolute atomic E-state index is 6.34. The minimum absolute atomic E-state index is 0.0612. The van der Waals surface area contributed by atoms with Gasteiger partial charge in [-0.25, -0.2) is 0 Å². The Morgan fingerprint density at radius 2 is 2.33 bits per heavy atom. The van der Waals surface area contributed by atoms with Gasteiger partial charge in [-0.05, 0) is 28.8 Å². The molecule has 1 saturated heterocycles. The minimum atomic E-state index is 0.0612. The number of rotatable bonds is 3. The van der Waals surface area contributed by atoms with Gasteiger partial charge in [0.25, 0.3) is 0 Å². The molecule has 2 aromatic rings. The lowest BCUT2D eigenvalue weighted by Crippen LogP contribution is -2.40. The number of fused-ring (bicyclic) bond motifs is 1. The molecule has 2 unspecified atom stereocenters. The van der Waals surface area contributed by atoms with Crippen molar-refractivity contribution < 1.29 is 4.74 Å². The largest absolute Gasteiger partial charge is 0.376 e. The Morgan fingerprint density at radius 3 is 3.17 bits per heavy atom. The number of hydrogen-bond donors (Lipinski definition) is 2. The third kappa shape index (κ3) is 2.42. The first-order chi connectivity index (χ1) is 8.84. The Balaban J connectivity index is 1.76. The molecule has 0 bridgehead atoms. The van der Waals surface area contributed by atoms with Crippen molar-refractivity contribution in [3.8, 4) is 0 Å². The summed E-state index contributed by atoms with van der Waals surface area (Å²) in [4.78, 5) is 0. The van der Waals surface area contributed by atoms with E-state index in [9.17, 15) is 0 Å². The summed E-state index contributed by atoms with van der Waals surface area (Å²) < 4.78 is 7.03. The SMILES string of the molecule is NC(CC1CNCCO1)c1csc2ccccc12. The van der Waals surface area contributed by atoms with E-state index in [-0.39, 0.29) is 12.1 Å². The Hall–Kier alpha value is -0.940. The molecule has 4 heteroatoms. The van der Waals surface area contributed by atoms with Gasteiger partial charge in [-0.2, -0.15) is 0 Å². The van der Waals surface area contributed by atoms with Gasteiger partial charge in [0, 0.05) is 23.8 Å². The summed E-state index contributed by atoms with van der Waals surface area (Å²) in [6, 6.07) is 8.51. The van der Waals surface area contributed by atoms with Crippen LogP contribution in [-0.2, 0) is 4.74 Å². The molecule has 0 aliphatic carbocycles. The van der Waals surface area contributed by atoms with Gasteiger partial charge in [-0.15, -0.1) is 11.3 Å². The predicted octanol–water partition coefficient (Wildman–Crippen LogP) is 2.28. The summed E-state index contributed by atoms with van der Waals surface area (Å²) in [6.45, 7) is 2.66. The highest BCUT2D eigenvalue weighted by Crippen LogP contribution is 2.31. The average Bonchev–Trinajstić information content (AvgIpc) is 2.84. The molecule has 1 aromatic carbocycles. The van der Waals surface area contributed by atoms with E-state index in [1.165, 1.54) is 15.6 Å². The van der Waals surface area contributed by atoms with E-state index in [2.05, 4.69) is 35.0 Å². The zero-order valence-corrected chi connectivity index (χ0v) is 11.1. The predicted molar refractivity (Wildman–Crippen MR) is 76.0 cm³/mol. The number of hydrogen-bond acceptors (Lipinski definition) is 4. The number of thiophene rings is 1. The molecule has 1 fully saturated rings. The standard InChI is InChI=1S/C14H18N2OS/c15-13(7-10-8-16-5-6-17-10)12-9-18-14-4-2-1-3-11(12)14/h1-4,9-10,13,16H,5-8,15H2. The first kappa shape index (κ1) is 12.1. The Bertz CT molecular complexity index is 519. The van der Waals surface area contributed by atoms with Crippen molar-refractivity contribution in [2.75, 3.05) is 19.7 Å². The molecule has 0 saturated carbocycles. The van der Waals surface area contributed by atoms with E-state index in [1.807, 2.05) is 0 Å². The van der Waals surface area contributed by atoms with Crippen LogP contribution in [0.5, 0.6) is 0 Å². The molecule has 0 radical (unpaired) electrons. The highest BCUT2D eigenvalue weighted by Gasteiger charge is 2.19. The van der Waals surface area contributed by atoms with E-state index in [0.29, 0.717) is 0 Å². The van der Waals surface area contributed by atoms with Gasteiger partial charge in [0.2, 0.25) is 0 Å². The maximum atomic E-state index is 6.34. The van der Waals surface area contributed by atoms with Crippen LogP contribution in [0.2, 0.25) is 0 Å². The molecular weight excluding hydrogens is 244 g/mol. The lowest BCUT2D eigenvalue weighted by atomic mass is 10.0. The zero-order valence-electron chi connectivity index (χ0n) is 10.3. The fourth-order valence-corrected chi connectivity index (χ4v) is 3.49. The van der Waals surface area contributed by atoms with Gasteiger partial charge in [-0.3, -0.25) is 0 Å². The molecule has 1 aliphatic heterocycles. The van der Waals surface area contributed by atoms with Crippen molar-refractivity contribution in [2.24, 2.45) is 5.73 Å². The second-order valence-electron chi connectivity index (χ2n) is 4.73. The lowest BCUT2D eigenvalue weighted by molar-refractivity contribution is 0.0196. The summed E-state index contributed by atoms with van der Waals surface area (Å²) in [7, 11) is 0. The summed E-state index contributed by atoms with van der Waals surface area (Å²) in [5.41, 5.74) is 7.59. The van der Waals surface area contributed by atoms with Crippen LogP contribution >= 0.6 is 11.3 Å². The van der Waals surface area contributed by atoms with Crippen LogP contribution in [0.25, 0.3) is 10.1 Å². The average molecular weight is 262 g/mol. The second kappa shape index (κ2) is 5.36. The molecule has 0 amide bonds. The first-order valence-corrected chi connectivity index (χ1v) is 7.26. The lowest BCUT2D eigenvalue weighted by Gasteiger charge is -2.26. The van der Waals surface area contributed by atoms with Crippen molar-refractivity contribution in [3.63, 3.8) is 0 Å². The third-order valence-electron chi connectivity index (χ3n) is 3.43. The van der Waals surface area contributed by atoms with Gasteiger partial charge in [-0.1, -0.05) is 18.2 Å². The van der Waals surface area contributed by atoms with Crippen LogP contribution in [0.3, 0.4) is 0 Å². The molecule has 0 spiro atoms. The van der Waals surface area contributed by atoms with Crippen LogP contribution in [0, 0.1) is 0 Å². The molecule has 1 aliphatic rings. The van der Waals surface area contributed by atoms with E-state index in [1.54, 1.807) is 11.3 Å². The highest BCUT2D eigenvalue weighted by molar-refractivity contribution is 7.17. The Morgan fingerprint density at radius 1 is 1.44 bits per heavy atom. The fraction of sp³-hybridized carbons (Fsp3) is 0.429. The van der Waals surface area contributed by atoms with Crippen LogP contribution in [-0.4, -0.2) is 25.8 Å². The normalized spacial score (nSPS) is 22.2. The van der Waals surface area contributed by atoms with Crippen molar-refractivity contribution in [2.45, 2.75) is 18.6 Å². The monoisotopic (exact) mass is 262 g/mol. The van der Waals surface area contributed by atoms with E-state index in [4.69, 9.17) is 10.5 Å². The number of ether oxygens (including phenoxy) is 1. The third-order valence-corrected chi connectivity index (χ3v) is 4.41. The van der Waals surface area contributed by atoms with Crippen molar-refractivity contribution in [1.82, 2.24) is 5.32 Å². The number of benzene rings is 1. The number of nitrogens with one attached hydrogen (secondary N) is 1. The van der Waals surface area contributed by atoms with Gasteiger partial charge >= 0.3 is 0 Å². The number of nitrogens with two attached hydrogens (primary N) is 1. The van der Waals surface area contributed by atoms with Crippen LogP contribution < -0.4 is 11.1 Å². The molecule has 3 N–H and O–H groups in total. The molecule has 1 aromatic heterocycles. The topological polar surface area (TPSA) is 47.3 Å². The van der Waals surface area contributed by atoms with Crippen molar-refractivity contribution >= 4 is 21.4 Å². The first-order valence-electron chi connectivity index (χ1n) is 6.38. The molecule has 2 heterocycles. The Kier molecular flexibility index (Phi) is 3.61. The van der Waals surface area contributed by atoms with Crippen molar-refractivity contribution in [3.05, 3.63) is 35.2 Å². The molecule has 2 atom stereocenters. The number of morpholine rings is 1. The quantitative estimate of drug-likeness (QED) is 0.892. The molecule has 18 heavy (non-hydrogen) atoms. The van der Waals surface area contributed by atoms with E-state index >= 15 is 0 Å². The summed E-state index contributed by atoms with van der Waals surface area (Å²) in [5, 5.41) is 6.82. The van der Waals surface area contributed by atoms with Gasteiger partial charge in [0.15, 0.2) is 0 Å². The van der Waals surface area contributed by atoms with Crippen LogP contribution in [0.15, 0.2) is 29.6 Å². The summed E-state index contributed by atoms with van der Waals surface area (Å²) >= 11 is 1.77. The molecule has 96 valence electrons. The van der Waals surface area contributed by atoms with Gasteiger partial charge in [0.05, 0.1) is 12.7 Å². The van der Waals surface area contributed by atoms with Crippen LogP contribution in [0.4, 0.5) is 0 Å². The summed E-state index contributed by atoms with van der Waals surface area (Å²) in [6.07, 6.45) is 1.13. The van der Waals surface area contributed by atoms with Crippen molar-refractivity contribution in [1.29, 1.82) is 0 Å². The van der Waals surface area contributed by atoms with Gasteiger partial charge < -0.3 is 15.8 Å². The molecule has 3 rings (SSSR count). The smallest absolute Gasteiger partial charge is 0.0718 e. The highest BCUT2D eigenvalue weighted by atomic mass is 32.1. The fourth-order valence-electron chi connectivity index (χ4n) is 2.47. The zero-order chi connectivity index (χ0) is 12.4. The summed E-state index contributed by atoms with van der Waals surface area (Å²) in [5.74, 6) is 0. The van der Waals surface area contributed by atoms with Gasteiger partial charge in [0.1, 0.15) is 0 Å². The van der Waals surface area contributed by atoms with E-state index in [0.717, 1.165) is 26.1 Å². The maximum Gasteiger partial charge on any atom is 0.0718 e. The van der Waals surface area contributed by atoms with E-state index < -0.39 is 0 Å². The molecule has 3 nitrogen and oxygen atoms in total. The Labute approximate surface area is 111 Å². The minimum Gasteiger partial charge on any atom is -0.376 e. The molecular formula is C14H18N2OS. The van der Waals surface area contributed by atoms with Crippen LogP contribution in [0.1, 0.15) is 18.0 Å². The second-order valence-corrected chi connectivity index (χ2v) is 5.64.